The summed E-state index contributed by atoms with van der Waals surface area (Å²) < 4.78 is 1.98. The normalized spacial score (nSPS) is 20.8. The van der Waals surface area contributed by atoms with Gasteiger partial charge >= 0.3 is 0 Å². The van der Waals surface area contributed by atoms with Crippen LogP contribution in [0.15, 0.2) is 97.1 Å². The van der Waals surface area contributed by atoms with Gasteiger partial charge in [-0.15, -0.1) is 10.2 Å². The number of rotatable bonds is 4. The summed E-state index contributed by atoms with van der Waals surface area (Å²) in [5, 5.41) is 29.2. The fourth-order valence-corrected chi connectivity index (χ4v) is 5.98. The molecule has 7 nitrogen and oxygen atoms in total. The van der Waals surface area contributed by atoms with Gasteiger partial charge in [0, 0.05) is 22.2 Å². The molecule has 6 aromatic rings. The summed E-state index contributed by atoms with van der Waals surface area (Å²) in [7, 11) is 0. The SMILES string of the molecule is CC1(O)CC(N)(c2ccc(-c3nc4ccc5nnc(-c6cccc(O)c6)n5c4cc3-c3ccccc3)cc2)C1. The second-order valence-corrected chi connectivity index (χ2v) is 10.8. The number of fused-ring (bicyclic) bond motifs is 3. The maximum Gasteiger partial charge on any atom is 0.169 e. The molecule has 1 aliphatic carbocycles. The maximum atomic E-state index is 10.3. The Morgan fingerprint density at radius 3 is 2.26 bits per heavy atom. The van der Waals surface area contributed by atoms with Crippen LogP contribution in [0.5, 0.6) is 5.75 Å². The van der Waals surface area contributed by atoms with Crippen molar-refractivity contribution < 1.29 is 10.2 Å². The van der Waals surface area contributed by atoms with Crippen LogP contribution in [0.25, 0.3) is 50.5 Å². The molecule has 1 fully saturated rings. The van der Waals surface area contributed by atoms with Crippen LogP contribution in [0.1, 0.15) is 25.3 Å². The molecule has 7 heteroatoms. The molecule has 0 bridgehead atoms. The molecule has 0 unspecified atom stereocenters. The van der Waals surface area contributed by atoms with Crippen LogP contribution in [-0.2, 0) is 5.54 Å². The predicted octanol–water partition coefficient (Wildman–Crippen LogP) is 5.68. The number of hydrogen-bond donors (Lipinski definition) is 3. The molecule has 3 aromatic carbocycles. The maximum absolute atomic E-state index is 10.3. The van der Waals surface area contributed by atoms with Crippen molar-refractivity contribution >= 4 is 16.7 Å². The van der Waals surface area contributed by atoms with Crippen LogP contribution in [0.4, 0.5) is 0 Å². The molecular formula is C32H27N5O2. The highest BCUT2D eigenvalue weighted by Gasteiger charge is 2.49. The first-order valence-electron chi connectivity index (χ1n) is 13.0. The molecule has 1 saturated carbocycles. The van der Waals surface area contributed by atoms with E-state index in [1.54, 1.807) is 18.2 Å². The third-order valence-electron chi connectivity index (χ3n) is 7.67. The van der Waals surface area contributed by atoms with Crippen molar-refractivity contribution in [2.24, 2.45) is 5.73 Å². The van der Waals surface area contributed by atoms with Gasteiger partial charge < -0.3 is 15.9 Å². The lowest BCUT2D eigenvalue weighted by atomic mass is 9.63. The molecule has 39 heavy (non-hydrogen) atoms. The Labute approximate surface area is 225 Å². The van der Waals surface area contributed by atoms with Crippen molar-refractivity contribution in [2.45, 2.75) is 30.9 Å². The van der Waals surface area contributed by atoms with Crippen LogP contribution < -0.4 is 5.73 Å². The standard InChI is InChI=1S/C32H27N5O2/c1-31(39)18-32(33,19-31)23-12-10-21(11-13-23)29-25(20-6-3-2-4-7-20)17-27-26(34-29)14-15-28-35-36-30(37(27)28)22-8-5-9-24(38)16-22/h2-17,38-39H,18-19,33H2,1H3. The van der Waals surface area contributed by atoms with Gasteiger partial charge in [0.1, 0.15) is 5.75 Å². The van der Waals surface area contributed by atoms with Gasteiger partial charge in [0.15, 0.2) is 11.5 Å². The molecule has 0 saturated heterocycles. The minimum Gasteiger partial charge on any atom is -0.508 e. The molecule has 0 aliphatic heterocycles. The lowest BCUT2D eigenvalue weighted by Crippen LogP contribution is -2.58. The molecule has 0 amide bonds. The van der Waals surface area contributed by atoms with Gasteiger partial charge in [0.2, 0.25) is 0 Å². The zero-order valence-electron chi connectivity index (χ0n) is 21.4. The molecule has 3 aromatic heterocycles. The van der Waals surface area contributed by atoms with Crippen molar-refractivity contribution in [3.8, 4) is 39.5 Å². The molecule has 0 spiro atoms. The zero-order chi connectivity index (χ0) is 26.8. The van der Waals surface area contributed by atoms with Gasteiger partial charge in [-0.25, -0.2) is 4.98 Å². The molecular weight excluding hydrogens is 486 g/mol. The van der Waals surface area contributed by atoms with Crippen LogP contribution >= 0.6 is 0 Å². The minimum atomic E-state index is -0.710. The first-order chi connectivity index (χ1) is 18.8. The molecule has 1 aliphatic rings. The molecule has 0 atom stereocenters. The Balaban J connectivity index is 1.42. The Kier molecular flexibility index (Phi) is 5.10. The van der Waals surface area contributed by atoms with Crippen LogP contribution in [0.3, 0.4) is 0 Å². The van der Waals surface area contributed by atoms with Gasteiger partial charge in [0.05, 0.1) is 22.3 Å². The topological polar surface area (TPSA) is 110 Å². The van der Waals surface area contributed by atoms with Gasteiger partial charge in [0.25, 0.3) is 0 Å². The first-order valence-corrected chi connectivity index (χ1v) is 13.0. The summed E-state index contributed by atoms with van der Waals surface area (Å²) in [5.41, 5.74) is 13.4. The van der Waals surface area contributed by atoms with E-state index in [-0.39, 0.29) is 5.75 Å². The average molecular weight is 514 g/mol. The van der Waals surface area contributed by atoms with Crippen molar-refractivity contribution in [3.05, 3.63) is 103 Å². The summed E-state index contributed by atoms with van der Waals surface area (Å²) in [6.07, 6.45) is 1.08. The number of nitrogens with zero attached hydrogens (tertiary/aromatic N) is 4. The van der Waals surface area contributed by atoms with E-state index in [2.05, 4.69) is 40.5 Å². The van der Waals surface area contributed by atoms with Crippen LogP contribution in [0.2, 0.25) is 0 Å². The van der Waals surface area contributed by atoms with Crippen molar-refractivity contribution in [3.63, 3.8) is 0 Å². The van der Waals surface area contributed by atoms with E-state index in [1.807, 2.05) is 59.9 Å². The third kappa shape index (κ3) is 3.94. The Morgan fingerprint density at radius 2 is 1.54 bits per heavy atom. The quantitative estimate of drug-likeness (QED) is 0.280. The monoisotopic (exact) mass is 513 g/mol. The van der Waals surface area contributed by atoms with Crippen molar-refractivity contribution in [2.75, 3.05) is 0 Å². The second-order valence-electron chi connectivity index (χ2n) is 10.8. The molecule has 192 valence electrons. The van der Waals surface area contributed by atoms with Gasteiger partial charge in [-0.05, 0) is 61.2 Å². The highest BCUT2D eigenvalue weighted by molar-refractivity contribution is 5.92. The number of benzene rings is 3. The van der Waals surface area contributed by atoms with E-state index < -0.39 is 11.1 Å². The number of aromatic hydroxyl groups is 1. The summed E-state index contributed by atoms with van der Waals surface area (Å²) in [6, 6.07) is 31.4. The first kappa shape index (κ1) is 23.5. The number of aliphatic hydroxyl groups is 1. The molecule has 3 heterocycles. The fourth-order valence-electron chi connectivity index (χ4n) is 5.98. The molecule has 4 N–H and O–H groups in total. The van der Waals surface area contributed by atoms with Gasteiger partial charge in [-0.1, -0.05) is 66.7 Å². The summed E-state index contributed by atoms with van der Waals surface area (Å²) >= 11 is 0. The second kappa shape index (κ2) is 8.46. The number of nitrogens with two attached hydrogens (primary N) is 1. The summed E-state index contributed by atoms with van der Waals surface area (Å²) in [5.74, 6) is 0.803. The number of pyridine rings is 2. The van der Waals surface area contributed by atoms with E-state index >= 15 is 0 Å². The lowest BCUT2D eigenvalue weighted by Gasteiger charge is -2.49. The van der Waals surface area contributed by atoms with E-state index in [0.717, 1.165) is 44.5 Å². The van der Waals surface area contributed by atoms with E-state index in [1.165, 1.54) is 0 Å². The highest BCUT2D eigenvalue weighted by atomic mass is 16.3. The number of phenolic OH excluding ortho intramolecular Hbond substituents is 1. The molecule has 0 radical (unpaired) electrons. The van der Waals surface area contributed by atoms with E-state index in [0.29, 0.717) is 24.3 Å². The van der Waals surface area contributed by atoms with E-state index in [4.69, 9.17) is 10.7 Å². The number of phenols is 1. The number of aromatic nitrogens is 4. The highest BCUT2D eigenvalue weighted by Crippen LogP contribution is 2.46. The Hall–Kier alpha value is -4.59. The summed E-state index contributed by atoms with van der Waals surface area (Å²) in [6.45, 7) is 1.83. The van der Waals surface area contributed by atoms with Crippen LogP contribution in [-0.4, -0.2) is 35.4 Å². The minimum absolute atomic E-state index is 0.170. The fraction of sp³-hybridized carbons (Fsp3) is 0.156. The van der Waals surface area contributed by atoms with Crippen LogP contribution in [0, 0.1) is 0 Å². The van der Waals surface area contributed by atoms with Crippen molar-refractivity contribution in [1.29, 1.82) is 0 Å². The third-order valence-corrected chi connectivity index (χ3v) is 7.67. The zero-order valence-corrected chi connectivity index (χ0v) is 21.4. The Bertz CT molecular complexity index is 1850. The predicted molar refractivity (Wildman–Crippen MR) is 152 cm³/mol. The molecule has 7 rings (SSSR count). The van der Waals surface area contributed by atoms with E-state index in [9.17, 15) is 10.2 Å². The summed E-state index contributed by atoms with van der Waals surface area (Å²) in [4.78, 5) is 5.16. The number of hydrogen-bond acceptors (Lipinski definition) is 6. The largest absolute Gasteiger partial charge is 0.508 e. The average Bonchev–Trinajstić information content (AvgIpc) is 3.37. The smallest absolute Gasteiger partial charge is 0.169 e. The lowest BCUT2D eigenvalue weighted by molar-refractivity contribution is -0.0738. The van der Waals surface area contributed by atoms with Gasteiger partial charge in [-0.2, -0.15) is 0 Å². The van der Waals surface area contributed by atoms with Gasteiger partial charge in [-0.3, -0.25) is 4.40 Å². The van der Waals surface area contributed by atoms with Crippen molar-refractivity contribution in [1.82, 2.24) is 19.6 Å². The Morgan fingerprint density at radius 1 is 0.795 bits per heavy atom.